The van der Waals surface area contributed by atoms with Gasteiger partial charge in [0.25, 0.3) is 5.69 Å². The number of aromatic nitrogens is 1. The van der Waals surface area contributed by atoms with Gasteiger partial charge in [-0.15, -0.1) is 0 Å². The van der Waals surface area contributed by atoms with E-state index in [1.165, 1.54) is 12.3 Å². The molecule has 94 valence electrons. The van der Waals surface area contributed by atoms with Crippen molar-refractivity contribution in [3.05, 3.63) is 52.1 Å². The first kappa shape index (κ1) is 12.1. The van der Waals surface area contributed by atoms with E-state index < -0.39 is 4.92 Å². The highest BCUT2D eigenvalue weighted by Crippen LogP contribution is 2.23. The van der Waals surface area contributed by atoms with Gasteiger partial charge >= 0.3 is 0 Å². The molecule has 2 aromatic rings. The van der Waals surface area contributed by atoms with Gasteiger partial charge in [0.2, 0.25) is 0 Å². The second-order valence-electron chi connectivity index (χ2n) is 4.00. The minimum absolute atomic E-state index is 0.0105. The molecule has 1 atom stereocenters. The Bertz CT molecular complexity index is 552. The highest BCUT2D eigenvalue weighted by atomic mass is 16.6. The molecule has 0 radical (unpaired) electrons. The Morgan fingerprint density at radius 3 is 2.89 bits per heavy atom. The molecule has 1 unspecified atom stereocenters. The Hall–Kier alpha value is -2.37. The quantitative estimate of drug-likeness (QED) is 0.663. The summed E-state index contributed by atoms with van der Waals surface area (Å²) in [5.41, 5.74) is 0.714. The van der Waals surface area contributed by atoms with Crippen LogP contribution in [0.5, 0.6) is 0 Å². The molecule has 0 fully saturated rings. The van der Waals surface area contributed by atoms with Gasteiger partial charge in [-0.3, -0.25) is 10.1 Å². The first-order chi connectivity index (χ1) is 8.58. The van der Waals surface area contributed by atoms with Crippen molar-refractivity contribution in [3.8, 4) is 0 Å². The lowest BCUT2D eigenvalue weighted by atomic mass is 10.2. The summed E-state index contributed by atoms with van der Waals surface area (Å²) in [5.74, 6) is 1.40. The molecule has 6 nitrogen and oxygen atoms in total. The number of hydrogen-bond donors (Lipinski definition) is 1. The van der Waals surface area contributed by atoms with Crippen molar-refractivity contribution < 1.29 is 9.34 Å². The van der Waals surface area contributed by atoms with Gasteiger partial charge in [0.1, 0.15) is 17.8 Å². The maximum atomic E-state index is 10.6. The zero-order chi connectivity index (χ0) is 13.1. The molecule has 0 aliphatic carbocycles. The van der Waals surface area contributed by atoms with Crippen LogP contribution in [-0.2, 0) is 0 Å². The number of nitro groups is 1. The first-order valence-electron chi connectivity index (χ1n) is 5.49. The molecule has 0 bridgehead atoms. The lowest BCUT2D eigenvalue weighted by molar-refractivity contribution is -0.385. The van der Waals surface area contributed by atoms with Crippen molar-refractivity contribution in [1.82, 2.24) is 4.98 Å². The third-order valence-corrected chi connectivity index (χ3v) is 2.60. The number of aryl methyl sites for hydroxylation is 1. The summed E-state index contributed by atoms with van der Waals surface area (Å²) in [4.78, 5) is 14.2. The second kappa shape index (κ2) is 4.87. The number of nitrogens with one attached hydrogen (secondary N) is 1. The fourth-order valence-electron chi connectivity index (χ4n) is 1.62. The minimum Gasteiger partial charge on any atom is -0.467 e. The highest BCUT2D eigenvalue weighted by Gasteiger charge is 2.13. The molecule has 18 heavy (non-hydrogen) atoms. The van der Waals surface area contributed by atoms with Crippen molar-refractivity contribution in [2.75, 3.05) is 5.32 Å². The minimum atomic E-state index is -0.459. The number of anilines is 1. The Kier molecular flexibility index (Phi) is 3.27. The maximum Gasteiger partial charge on any atom is 0.287 e. The second-order valence-corrected chi connectivity index (χ2v) is 4.00. The molecule has 0 aliphatic heterocycles. The Labute approximate surface area is 104 Å². The van der Waals surface area contributed by atoms with Gasteiger partial charge < -0.3 is 9.73 Å². The average molecular weight is 247 g/mol. The summed E-state index contributed by atoms with van der Waals surface area (Å²) in [6.07, 6.45) is 2.84. The third kappa shape index (κ3) is 2.48. The van der Waals surface area contributed by atoms with Crippen LogP contribution in [0.2, 0.25) is 0 Å². The van der Waals surface area contributed by atoms with Gasteiger partial charge in [0.15, 0.2) is 0 Å². The summed E-state index contributed by atoms with van der Waals surface area (Å²) < 4.78 is 5.27. The van der Waals surface area contributed by atoms with Gasteiger partial charge in [-0.1, -0.05) is 0 Å². The summed E-state index contributed by atoms with van der Waals surface area (Å²) in [5, 5.41) is 13.8. The van der Waals surface area contributed by atoms with Crippen LogP contribution in [0.3, 0.4) is 0 Å². The predicted molar refractivity (Wildman–Crippen MR) is 66.4 cm³/mol. The van der Waals surface area contributed by atoms with Crippen LogP contribution in [0.25, 0.3) is 0 Å². The van der Waals surface area contributed by atoms with E-state index >= 15 is 0 Å². The third-order valence-electron chi connectivity index (χ3n) is 2.60. The Morgan fingerprint density at radius 2 is 2.33 bits per heavy atom. The fourth-order valence-corrected chi connectivity index (χ4v) is 1.62. The van der Waals surface area contributed by atoms with Crippen LogP contribution in [0, 0.1) is 17.0 Å². The van der Waals surface area contributed by atoms with Crippen molar-refractivity contribution in [2.24, 2.45) is 0 Å². The molecule has 1 N–H and O–H groups in total. The summed E-state index contributed by atoms with van der Waals surface area (Å²) in [6.45, 7) is 3.71. The van der Waals surface area contributed by atoms with Crippen molar-refractivity contribution in [2.45, 2.75) is 19.9 Å². The number of hydrogen-bond acceptors (Lipinski definition) is 5. The zero-order valence-corrected chi connectivity index (χ0v) is 10.1. The summed E-state index contributed by atoms with van der Waals surface area (Å²) in [6, 6.07) is 5.11. The average Bonchev–Trinajstić information content (AvgIpc) is 2.85. The van der Waals surface area contributed by atoms with E-state index in [9.17, 15) is 10.1 Å². The van der Waals surface area contributed by atoms with E-state index in [1.807, 2.05) is 19.1 Å². The van der Waals surface area contributed by atoms with Crippen LogP contribution < -0.4 is 5.32 Å². The number of pyridine rings is 1. The monoisotopic (exact) mass is 247 g/mol. The number of nitrogens with zero attached hydrogens (tertiary/aromatic N) is 2. The molecular formula is C12H13N3O3. The molecule has 0 aliphatic rings. The van der Waals surface area contributed by atoms with Crippen molar-refractivity contribution >= 4 is 11.5 Å². The molecule has 0 amide bonds. The molecule has 2 heterocycles. The number of rotatable bonds is 4. The molecule has 0 spiro atoms. The van der Waals surface area contributed by atoms with E-state index in [2.05, 4.69) is 10.3 Å². The first-order valence-corrected chi connectivity index (χ1v) is 5.49. The molecule has 2 rings (SSSR count). The van der Waals surface area contributed by atoms with Crippen LogP contribution >= 0.6 is 0 Å². The van der Waals surface area contributed by atoms with Crippen molar-refractivity contribution in [3.63, 3.8) is 0 Å². The molecule has 6 heteroatoms. The molecule has 2 aromatic heterocycles. The molecular weight excluding hydrogens is 234 g/mol. The lowest BCUT2D eigenvalue weighted by Crippen LogP contribution is -2.08. The van der Waals surface area contributed by atoms with E-state index in [0.717, 1.165) is 11.3 Å². The normalized spacial score (nSPS) is 12.1. The molecule has 0 saturated heterocycles. The Balaban J connectivity index is 2.17. The fraction of sp³-hybridized carbons (Fsp3) is 0.250. The van der Waals surface area contributed by atoms with E-state index in [-0.39, 0.29) is 11.7 Å². The van der Waals surface area contributed by atoms with Crippen molar-refractivity contribution in [1.29, 1.82) is 0 Å². The van der Waals surface area contributed by atoms with Gasteiger partial charge in [0.05, 0.1) is 17.2 Å². The van der Waals surface area contributed by atoms with Crippen LogP contribution in [0.4, 0.5) is 11.5 Å². The van der Waals surface area contributed by atoms with Gasteiger partial charge in [-0.25, -0.2) is 4.98 Å². The number of furan rings is 1. The lowest BCUT2D eigenvalue weighted by Gasteiger charge is -2.13. The molecule has 0 saturated carbocycles. The van der Waals surface area contributed by atoms with Gasteiger partial charge in [0, 0.05) is 6.07 Å². The maximum absolute atomic E-state index is 10.6. The van der Waals surface area contributed by atoms with Crippen LogP contribution in [0.15, 0.2) is 35.1 Å². The van der Waals surface area contributed by atoms with E-state index in [1.54, 1.807) is 13.2 Å². The van der Waals surface area contributed by atoms with Gasteiger partial charge in [-0.2, -0.15) is 0 Å². The SMILES string of the molecule is Cc1cc([N+](=O)[O-])cnc1NC(C)c1ccco1. The van der Waals surface area contributed by atoms with Crippen LogP contribution in [0.1, 0.15) is 24.3 Å². The largest absolute Gasteiger partial charge is 0.467 e. The van der Waals surface area contributed by atoms with Crippen LogP contribution in [-0.4, -0.2) is 9.91 Å². The zero-order valence-electron chi connectivity index (χ0n) is 10.1. The predicted octanol–water partition coefficient (Wildman–Crippen LogP) is 3.06. The van der Waals surface area contributed by atoms with E-state index in [0.29, 0.717) is 5.82 Å². The Morgan fingerprint density at radius 1 is 1.56 bits per heavy atom. The highest BCUT2D eigenvalue weighted by molar-refractivity contribution is 5.49. The summed E-state index contributed by atoms with van der Waals surface area (Å²) >= 11 is 0. The standard InChI is InChI=1S/C12H13N3O3/c1-8-6-10(15(16)17)7-13-12(8)14-9(2)11-4-3-5-18-11/h3-7,9H,1-2H3,(H,13,14). The topological polar surface area (TPSA) is 81.2 Å². The molecule has 0 aromatic carbocycles. The summed E-state index contributed by atoms with van der Waals surface area (Å²) in [7, 11) is 0. The van der Waals surface area contributed by atoms with Gasteiger partial charge in [-0.05, 0) is 31.5 Å². The van der Waals surface area contributed by atoms with E-state index in [4.69, 9.17) is 4.42 Å². The smallest absolute Gasteiger partial charge is 0.287 e.